The standard InChI is InChI=1S/C24H30N6O2.H2S/c1-15(2)23-24(31)28-22-16(3)27-21(10-20(22)29(23)4)25-11-18-12-26-30(14-18)13-17-7-6-8-19(9-17)32-5;/h6-10,12,14-15,23H,11,13H2,1-5H3,(H,25,27)(H,28,31);1H2/t23-;/m0./s1. The fraction of sp³-hybridized carbons (Fsp3) is 0.375. The van der Waals surface area contributed by atoms with Crippen LogP contribution in [0.4, 0.5) is 17.2 Å². The maximum atomic E-state index is 12.5. The molecule has 9 heteroatoms. The average molecular weight is 469 g/mol. The number of carbonyl (C=O) groups is 1. The van der Waals surface area contributed by atoms with Gasteiger partial charge in [-0.15, -0.1) is 0 Å². The summed E-state index contributed by atoms with van der Waals surface area (Å²) in [6.07, 6.45) is 3.89. The third-order valence-corrected chi connectivity index (χ3v) is 5.76. The monoisotopic (exact) mass is 468 g/mol. The molecule has 1 atom stereocenters. The molecular formula is C24H32N6O2S. The van der Waals surface area contributed by atoms with E-state index >= 15 is 0 Å². The number of hydrogen-bond acceptors (Lipinski definition) is 6. The van der Waals surface area contributed by atoms with Crippen LogP contribution in [-0.4, -0.2) is 40.9 Å². The molecule has 0 spiro atoms. The molecule has 176 valence electrons. The van der Waals surface area contributed by atoms with Crippen molar-refractivity contribution in [2.45, 2.75) is 39.9 Å². The summed E-state index contributed by atoms with van der Waals surface area (Å²) in [6, 6.07) is 9.78. The Kier molecular flexibility index (Phi) is 7.53. The minimum Gasteiger partial charge on any atom is -0.497 e. The Morgan fingerprint density at radius 3 is 2.76 bits per heavy atom. The Morgan fingerprint density at radius 1 is 1.24 bits per heavy atom. The van der Waals surface area contributed by atoms with Crippen LogP contribution in [0.15, 0.2) is 42.7 Å². The van der Waals surface area contributed by atoms with Crippen molar-refractivity contribution in [3.63, 3.8) is 0 Å². The molecule has 0 fully saturated rings. The summed E-state index contributed by atoms with van der Waals surface area (Å²) < 4.78 is 7.20. The SMILES string of the molecule is COc1cccc(Cn2cc(CNc3cc4c(c(C)n3)NC(=O)[C@H](C(C)C)N4C)cn2)c1.S. The first-order chi connectivity index (χ1) is 15.4. The molecule has 3 aromatic rings. The second-order valence-electron chi connectivity index (χ2n) is 8.53. The van der Waals surface area contributed by atoms with Crippen molar-refractivity contribution in [3.05, 3.63) is 59.5 Å². The molecule has 8 nitrogen and oxygen atoms in total. The maximum absolute atomic E-state index is 12.5. The summed E-state index contributed by atoms with van der Waals surface area (Å²) >= 11 is 0. The quantitative estimate of drug-likeness (QED) is 0.549. The van der Waals surface area contributed by atoms with Gasteiger partial charge in [0.05, 0.1) is 36.9 Å². The first-order valence-corrected chi connectivity index (χ1v) is 10.8. The van der Waals surface area contributed by atoms with Crippen molar-refractivity contribution < 1.29 is 9.53 Å². The molecule has 0 aliphatic carbocycles. The van der Waals surface area contributed by atoms with E-state index in [2.05, 4.69) is 40.6 Å². The summed E-state index contributed by atoms with van der Waals surface area (Å²) in [7, 11) is 3.63. The highest BCUT2D eigenvalue weighted by molar-refractivity contribution is 7.59. The fourth-order valence-electron chi connectivity index (χ4n) is 4.19. The van der Waals surface area contributed by atoms with Gasteiger partial charge < -0.3 is 20.3 Å². The number of aryl methyl sites for hydroxylation is 1. The van der Waals surface area contributed by atoms with Gasteiger partial charge in [0.2, 0.25) is 5.91 Å². The summed E-state index contributed by atoms with van der Waals surface area (Å²) in [5.74, 6) is 1.83. The third-order valence-electron chi connectivity index (χ3n) is 5.76. The minimum atomic E-state index is -0.202. The predicted octanol–water partition coefficient (Wildman–Crippen LogP) is 3.78. The number of ether oxygens (including phenoxy) is 1. The third kappa shape index (κ3) is 5.24. The lowest BCUT2D eigenvalue weighted by atomic mass is 9.98. The van der Waals surface area contributed by atoms with Crippen LogP contribution in [0.2, 0.25) is 0 Å². The van der Waals surface area contributed by atoms with Crippen molar-refractivity contribution in [3.8, 4) is 5.75 Å². The Labute approximate surface area is 201 Å². The zero-order valence-corrected chi connectivity index (χ0v) is 20.7. The number of amides is 1. The van der Waals surface area contributed by atoms with E-state index in [1.807, 2.05) is 60.2 Å². The molecule has 4 rings (SSSR count). The number of aromatic nitrogens is 3. The number of pyridine rings is 1. The Bertz CT molecular complexity index is 1130. The number of nitrogens with zero attached hydrogens (tertiary/aromatic N) is 4. The van der Waals surface area contributed by atoms with E-state index in [-0.39, 0.29) is 31.4 Å². The van der Waals surface area contributed by atoms with Crippen LogP contribution in [0, 0.1) is 12.8 Å². The van der Waals surface area contributed by atoms with E-state index < -0.39 is 0 Å². The van der Waals surface area contributed by atoms with Gasteiger partial charge >= 0.3 is 0 Å². The largest absolute Gasteiger partial charge is 0.497 e. The highest BCUT2D eigenvalue weighted by Gasteiger charge is 2.34. The molecule has 3 heterocycles. The van der Waals surface area contributed by atoms with Crippen molar-refractivity contribution in [1.82, 2.24) is 14.8 Å². The maximum Gasteiger partial charge on any atom is 0.247 e. The van der Waals surface area contributed by atoms with E-state index in [1.54, 1.807) is 7.11 Å². The second-order valence-corrected chi connectivity index (χ2v) is 8.53. The highest BCUT2D eigenvalue weighted by Crippen LogP contribution is 2.36. The van der Waals surface area contributed by atoms with Gasteiger partial charge in [-0.25, -0.2) is 4.98 Å². The lowest BCUT2D eigenvalue weighted by molar-refractivity contribution is -0.118. The molecule has 1 aliphatic heterocycles. The molecule has 0 bridgehead atoms. The fourth-order valence-corrected chi connectivity index (χ4v) is 4.19. The van der Waals surface area contributed by atoms with Gasteiger partial charge in [-0.2, -0.15) is 18.6 Å². The number of hydrogen-bond donors (Lipinski definition) is 2. The molecule has 0 saturated heterocycles. The smallest absolute Gasteiger partial charge is 0.247 e. The van der Waals surface area contributed by atoms with Gasteiger partial charge in [0.1, 0.15) is 17.6 Å². The molecule has 0 radical (unpaired) electrons. The summed E-state index contributed by atoms with van der Waals surface area (Å²) in [5, 5.41) is 10.9. The Hall–Kier alpha value is -3.20. The lowest BCUT2D eigenvalue weighted by Gasteiger charge is -2.38. The summed E-state index contributed by atoms with van der Waals surface area (Å²) in [6.45, 7) is 7.31. The van der Waals surface area contributed by atoms with Gasteiger partial charge in [0, 0.05) is 31.4 Å². The molecule has 2 aromatic heterocycles. The van der Waals surface area contributed by atoms with Gasteiger partial charge in [0.25, 0.3) is 0 Å². The Balaban J connectivity index is 0.00000306. The molecule has 33 heavy (non-hydrogen) atoms. The molecule has 0 unspecified atom stereocenters. The zero-order chi connectivity index (χ0) is 22.8. The molecule has 2 N–H and O–H groups in total. The number of fused-ring (bicyclic) bond motifs is 1. The number of methoxy groups -OCH3 is 1. The minimum absolute atomic E-state index is 0. The van der Waals surface area contributed by atoms with Crippen LogP contribution >= 0.6 is 13.5 Å². The van der Waals surface area contributed by atoms with E-state index in [4.69, 9.17) is 4.74 Å². The van der Waals surface area contributed by atoms with Crippen LogP contribution in [0.3, 0.4) is 0 Å². The predicted molar refractivity (Wildman–Crippen MR) is 137 cm³/mol. The highest BCUT2D eigenvalue weighted by atomic mass is 32.1. The van der Waals surface area contributed by atoms with Crippen LogP contribution in [-0.2, 0) is 17.9 Å². The second kappa shape index (κ2) is 10.2. The molecular weight excluding hydrogens is 436 g/mol. The van der Waals surface area contributed by atoms with E-state index in [1.165, 1.54) is 0 Å². The van der Waals surface area contributed by atoms with Crippen LogP contribution in [0.25, 0.3) is 0 Å². The van der Waals surface area contributed by atoms with Gasteiger partial charge in [-0.1, -0.05) is 26.0 Å². The zero-order valence-electron chi connectivity index (χ0n) is 19.7. The number of benzene rings is 1. The topological polar surface area (TPSA) is 84.3 Å². The van der Waals surface area contributed by atoms with Gasteiger partial charge in [-0.3, -0.25) is 9.48 Å². The summed E-state index contributed by atoms with van der Waals surface area (Å²) in [4.78, 5) is 19.2. The number of likely N-dealkylation sites (N-methyl/N-ethyl adjacent to an activating group) is 1. The van der Waals surface area contributed by atoms with E-state index in [9.17, 15) is 4.79 Å². The number of nitrogens with one attached hydrogen (secondary N) is 2. The molecule has 1 aromatic carbocycles. The van der Waals surface area contributed by atoms with E-state index in [0.717, 1.165) is 39.8 Å². The first kappa shape index (κ1) is 24.4. The first-order valence-electron chi connectivity index (χ1n) is 10.8. The van der Waals surface area contributed by atoms with E-state index in [0.29, 0.717) is 13.1 Å². The van der Waals surface area contributed by atoms with Crippen molar-refractivity contribution in [1.29, 1.82) is 0 Å². The van der Waals surface area contributed by atoms with Crippen LogP contribution in [0.5, 0.6) is 5.75 Å². The van der Waals surface area contributed by atoms with Crippen LogP contribution in [0.1, 0.15) is 30.7 Å². The van der Waals surface area contributed by atoms with Gasteiger partial charge in [0.15, 0.2) is 0 Å². The number of rotatable bonds is 7. The lowest BCUT2D eigenvalue weighted by Crippen LogP contribution is -2.49. The van der Waals surface area contributed by atoms with Crippen LogP contribution < -0.4 is 20.3 Å². The van der Waals surface area contributed by atoms with Crippen molar-refractivity contribution in [2.75, 3.05) is 29.7 Å². The molecule has 0 saturated carbocycles. The van der Waals surface area contributed by atoms with Gasteiger partial charge in [-0.05, 0) is 30.5 Å². The molecule has 1 aliphatic rings. The Morgan fingerprint density at radius 2 is 2.03 bits per heavy atom. The van der Waals surface area contributed by atoms with Crippen molar-refractivity contribution >= 4 is 36.6 Å². The normalized spacial score (nSPS) is 15.0. The van der Waals surface area contributed by atoms with Crippen molar-refractivity contribution in [2.24, 2.45) is 5.92 Å². The number of carbonyl (C=O) groups excluding carboxylic acids is 1. The average Bonchev–Trinajstić information content (AvgIpc) is 3.20. The summed E-state index contributed by atoms with van der Waals surface area (Å²) in [5.41, 5.74) is 4.75. The molecule has 1 amide bonds. The number of anilines is 3.